The van der Waals surface area contributed by atoms with Crippen molar-refractivity contribution < 1.29 is 18.8 Å². The summed E-state index contributed by atoms with van der Waals surface area (Å²) < 4.78 is 6.48. The van der Waals surface area contributed by atoms with Gasteiger partial charge in [0, 0.05) is 37.6 Å². The number of fused-ring (bicyclic) bond motifs is 1. The molecule has 1 fully saturated rings. The maximum Gasteiger partial charge on any atom is 0.312 e. The first-order valence-corrected chi connectivity index (χ1v) is 9.23. The van der Waals surface area contributed by atoms with Gasteiger partial charge >= 0.3 is 11.8 Å². The highest BCUT2D eigenvalue weighted by Crippen LogP contribution is 2.27. The second kappa shape index (κ2) is 7.49. The van der Waals surface area contributed by atoms with E-state index in [1.54, 1.807) is 24.8 Å². The molecule has 0 aliphatic carbocycles. The highest BCUT2D eigenvalue weighted by atomic mass is 79.9. The first-order valence-electron chi connectivity index (χ1n) is 8.44. The van der Waals surface area contributed by atoms with Crippen molar-refractivity contribution in [2.45, 2.75) is 19.9 Å². The van der Waals surface area contributed by atoms with Gasteiger partial charge in [-0.25, -0.2) is 0 Å². The smallest absolute Gasteiger partial charge is 0.312 e. The van der Waals surface area contributed by atoms with Crippen LogP contribution >= 0.6 is 15.9 Å². The van der Waals surface area contributed by atoms with Gasteiger partial charge in [0.05, 0.1) is 4.47 Å². The monoisotopic (exact) mass is 421 g/mol. The van der Waals surface area contributed by atoms with Gasteiger partial charge in [0.1, 0.15) is 5.58 Å². The number of amides is 3. The van der Waals surface area contributed by atoms with Crippen LogP contribution in [0.15, 0.2) is 33.2 Å². The molecule has 0 bridgehead atoms. The van der Waals surface area contributed by atoms with Crippen LogP contribution in [0.1, 0.15) is 24.4 Å². The standard InChI is InChI=1S/C18H20BrN3O4/c1-11(2)20-16(23)18(25)22-8-6-21(7-9-22)17(24)14-10-12-4-3-5-13(19)15(12)26-14/h3-5,10-11H,6-9H2,1-2H3,(H,20,23). The molecule has 2 heterocycles. The van der Waals surface area contributed by atoms with Crippen LogP contribution < -0.4 is 5.32 Å². The van der Waals surface area contributed by atoms with E-state index in [1.165, 1.54) is 4.90 Å². The first-order chi connectivity index (χ1) is 12.4. The first kappa shape index (κ1) is 18.4. The maximum atomic E-state index is 12.7. The molecule has 8 heteroatoms. The number of hydrogen-bond donors (Lipinski definition) is 1. The van der Waals surface area contributed by atoms with Crippen LogP contribution in [0.3, 0.4) is 0 Å². The predicted octanol–water partition coefficient (Wildman–Crippen LogP) is 2.00. The van der Waals surface area contributed by atoms with Gasteiger partial charge in [0.25, 0.3) is 5.91 Å². The minimum atomic E-state index is -0.609. The molecular weight excluding hydrogens is 402 g/mol. The molecule has 0 atom stereocenters. The average Bonchev–Trinajstić information content (AvgIpc) is 3.05. The molecule has 3 rings (SSSR count). The minimum absolute atomic E-state index is 0.0956. The van der Waals surface area contributed by atoms with Crippen LogP contribution in [-0.4, -0.2) is 59.7 Å². The van der Waals surface area contributed by atoms with E-state index < -0.39 is 11.8 Å². The average molecular weight is 422 g/mol. The normalized spacial score (nSPS) is 14.8. The molecule has 138 valence electrons. The zero-order valence-electron chi connectivity index (χ0n) is 14.6. The van der Waals surface area contributed by atoms with E-state index in [0.29, 0.717) is 31.8 Å². The van der Waals surface area contributed by atoms with Crippen molar-refractivity contribution >= 4 is 44.6 Å². The molecule has 0 saturated carbocycles. The van der Waals surface area contributed by atoms with Gasteiger partial charge in [-0.05, 0) is 41.9 Å². The lowest BCUT2D eigenvalue weighted by Gasteiger charge is -2.34. The highest BCUT2D eigenvalue weighted by molar-refractivity contribution is 9.10. The highest BCUT2D eigenvalue weighted by Gasteiger charge is 2.29. The second-order valence-corrected chi connectivity index (χ2v) is 7.34. The third kappa shape index (κ3) is 3.75. The van der Waals surface area contributed by atoms with Crippen molar-refractivity contribution in [3.8, 4) is 0 Å². The Kier molecular flexibility index (Phi) is 5.31. The molecule has 1 aromatic heterocycles. The lowest BCUT2D eigenvalue weighted by molar-refractivity contribution is -0.147. The zero-order valence-corrected chi connectivity index (χ0v) is 16.2. The molecule has 1 saturated heterocycles. The number of furan rings is 1. The molecule has 7 nitrogen and oxygen atoms in total. The molecular formula is C18H20BrN3O4. The Labute approximate surface area is 159 Å². The van der Waals surface area contributed by atoms with E-state index in [1.807, 2.05) is 18.2 Å². The van der Waals surface area contributed by atoms with Crippen LogP contribution in [0.4, 0.5) is 0 Å². The third-order valence-corrected chi connectivity index (χ3v) is 4.80. The molecule has 0 unspecified atom stereocenters. The molecule has 0 radical (unpaired) electrons. The van der Waals surface area contributed by atoms with Gasteiger partial charge in [-0.3, -0.25) is 14.4 Å². The van der Waals surface area contributed by atoms with Crippen LogP contribution in [0.2, 0.25) is 0 Å². The van der Waals surface area contributed by atoms with Crippen molar-refractivity contribution in [3.05, 3.63) is 34.5 Å². The fourth-order valence-corrected chi connectivity index (χ4v) is 3.33. The van der Waals surface area contributed by atoms with E-state index in [4.69, 9.17) is 4.42 Å². The Morgan fingerprint density at radius 1 is 1.12 bits per heavy atom. The topological polar surface area (TPSA) is 82.9 Å². The summed E-state index contributed by atoms with van der Waals surface area (Å²) in [5.41, 5.74) is 0.634. The number of para-hydroxylation sites is 1. The lowest BCUT2D eigenvalue weighted by Crippen LogP contribution is -2.54. The Bertz CT molecular complexity index is 853. The summed E-state index contributed by atoms with van der Waals surface area (Å²) in [6.07, 6.45) is 0. The molecule has 1 aliphatic heterocycles. The number of nitrogens with one attached hydrogen (secondary N) is 1. The van der Waals surface area contributed by atoms with Crippen LogP contribution in [-0.2, 0) is 9.59 Å². The molecule has 1 N–H and O–H groups in total. The van der Waals surface area contributed by atoms with Gasteiger partial charge in [-0.2, -0.15) is 0 Å². The molecule has 1 aliphatic rings. The largest absolute Gasteiger partial charge is 0.450 e. The van der Waals surface area contributed by atoms with E-state index in [-0.39, 0.29) is 17.7 Å². The van der Waals surface area contributed by atoms with Crippen molar-refractivity contribution in [1.82, 2.24) is 15.1 Å². The second-order valence-electron chi connectivity index (χ2n) is 6.48. The molecule has 1 aromatic carbocycles. The quantitative estimate of drug-likeness (QED) is 0.751. The lowest BCUT2D eigenvalue weighted by atomic mass is 10.2. The SMILES string of the molecule is CC(C)NC(=O)C(=O)N1CCN(C(=O)c2cc3cccc(Br)c3o2)CC1. The van der Waals surface area contributed by atoms with Crippen LogP contribution in [0.5, 0.6) is 0 Å². The Morgan fingerprint density at radius 2 is 1.77 bits per heavy atom. The fourth-order valence-electron chi connectivity index (χ4n) is 2.87. The summed E-state index contributed by atoms with van der Waals surface area (Å²) in [5, 5.41) is 3.44. The number of piperazine rings is 1. The Balaban J connectivity index is 1.64. The van der Waals surface area contributed by atoms with E-state index in [2.05, 4.69) is 21.2 Å². The summed E-state index contributed by atoms with van der Waals surface area (Å²) >= 11 is 3.41. The van der Waals surface area contributed by atoms with Crippen LogP contribution in [0, 0.1) is 0 Å². The van der Waals surface area contributed by atoms with E-state index in [0.717, 1.165) is 9.86 Å². The number of rotatable bonds is 2. The van der Waals surface area contributed by atoms with E-state index >= 15 is 0 Å². The summed E-state index contributed by atoms with van der Waals surface area (Å²) in [6, 6.07) is 7.23. The summed E-state index contributed by atoms with van der Waals surface area (Å²) in [4.78, 5) is 39.7. The number of nitrogens with zero attached hydrogens (tertiary/aromatic N) is 2. The number of benzene rings is 1. The maximum absolute atomic E-state index is 12.7. The van der Waals surface area contributed by atoms with Gasteiger partial charge in [-0.15, -0.1) is 0 Å². The van der Waals surface area contributed by atoms with Gasteiger partial charge in [0.15, 0.2) is 5.76 Å². The molecule has 26 heavy (non-hydrogen) atoms. The van der Waals surface area contributed by atoms with Gasteiger partial charge < -0.3 is 19.5 Å². The number of hydrogen-bond acceptors (Lipinski definition) is 4. The molecule has 3 amide bonds. The summed E-state index contributed by atoms with van der Waals surface area (Å²) in [5.74, 6) is -1.11. The molecule has 2 aromatic rings. The molecule has 0 spiro atoms. The van der Waals surface area contributed by atoms with Crippen molar-refractivity contribution in [1.29, 1.82) is 0 Å². The summed E-state index contributed by atoms with van der Waals surface area (Å²) in [7, 11) is 0. The number of carbonyl (C=O) groups is 3. The number of halogens is 1. The van der Waals surface area contributed by atoms with Crippen molar-refractivity contribution in [2.75, 3.05) is 26.2 Å². The predicted molar refractivity (Wildman–Crippen MR) is 99.7 cm³/mol. The van der Waals surface area contributed by atoms with Crippen molar-refractivity contribution in [3.63, 3.8) is 0 Å². The van der Waals surface area contributed by atoms with Crippen molar-refractivity contribution in [2.24, 2.45) is 0 Å². The minimum Gasteiger partial charge on any atom is -0.450 e. The summed E-state index contributed by atoms with van der Waals surface area (Å²) in [6.45, 7) is 4.95. The zero-order chi connectivity index (χ0) is 18.8. The van der Waals surface area contributed by atoms with Crippen LogP contribution in [0.25, 0.3) is 11.0 Å². The Morgan fingerprint density at radius 3 is 2.38 bits per heavy atom. The fraction of sp³-hybridized carbons (Fsp3) is 0.389. The van der Waals surface area contributed by atoms with E-state index in [9.17, 15) is 14.4 Å². The Hall–Kier alpha value is -2.35. The van der Waals surface area contributed by atoms with Gasteiger partial charge in [-0.1, -0.05) is 12.1 Å². The number of carbonyl (C=O) groups excluding carboxylic acids is 3. The van der Waals surface area contributed by atoms with Gasteiger partial charge in [0.2, 0.25) is 0 Å². The third-order valence-electron chi connectivity index (χ3n) is 4.17.